The van der Waals surface area contributed by atoms with E-state index in [9.17, 15) is 9.90 Å². The number of aliphatic hydroxyl groups excluding tert-OH is 1. The molecule has 1 fully saturated rings. The molecule has 0 saturated heterocycles. The van der Waals surface area contributed by atoms with Gasteiger partial charge >= 0.3 is 6.03 Å². The van der Waals surface area contributed by atoms with Crippen molar-refractivity contribution in [2.24, 2.45) is 5.92 Å². The van der Waals surface area contributed by atoms with Crippen molar-refractivity contribution in [3.05, 3.63) is 34.9 Å². The van der Waals surface area contributed by atoms with Crippen LogP contribution in [0.2, 0.25) is 0 Å². The summed E-state index contributed by atoms with van der Waals surface area (Å²) in [5.41, 5.74) is 3.85. The molecule has 0 radical (unpaired) electrons. The summed E-state index contributed by atoms with van der Waals surface area (Å²) in [5, 5.41) is 15.8. The Balaban J connectivity index is 1.61. The molecule has 3 N–H and O–H groups in total. The first-order valence-electron chi connectivity index (χ1n) is 8.37. The summed E-state index contributed by atoms with van der Waals surface area (Å²) < 4.78 is 0. The standard InChI is InChI=1S/C18H26N2O2/c1-11-3-4-13-10-12(2)17(16(13)9-11)20-18(22)19-14-5-7-15(21)8-6-14/h3-4,9,12,14-15,17,21H,5-8,10H2,1-2H3,(H2,19,20,22). The van der Waals surface area contributed by atoms with Gasteiger partial charge in [0.1, 0.15) is 0 Å². The van der Waals surface area contributed by atoms with Crippen molar-refractivity contribution in [3.8, 4) is 0 Å². The highest BCUT2D eigenvalue weighted by Crippen LogP contribution is 2.36. The number of urea groups is 1. The molecule has 2 unspecified atom stereocenters. The van der Waals surface area contributed by atoms with E-state index in [1.54, 1.807) is 0 Å². The molecule has 0 aliphatic heterocycles. The van der Waals surface area contributed by atoms with Crippen LogP contribution >= 0.6 is 0 Å². The van der Waals surface area contributed by atoms with E-state index >= 15 is 0 Å². The molecule has 1 saturated carbocycles. The molecule has 0 aromatic heterocycles. The van der Waals surface area contributed by atoms with Gasteiger partial charge in [0.05, 0.1) is 12.1 Å². The lowest BCUT2D eigenvalue weighted by Crippen LogP contribution is -2.45. The second-order valence-electron chi connectivity index (χ2n) is 6.98. The quantitative estimate of drug-likeness (QED) is 0.786. The lowest BCUT2D eigenvalue weighted by molar-refractivity contribution is 0.117. The van der Waals surface area contributed by atoms with E-state index in [4.69, 9.17) is 0 Å². The molecule has 120 valence electrons. The molecule has 1 aromatic rings. The van der Waals surface area contributed by atoms with E-state index in [2.05, 4.69) is 42.7 Å². The van der Waals surface area contributed by atoms with Crippen molar-refractivity contribution in [1.29, 1.82) is 0 Å². The number of fused-ring (bicyclic) bond motifs is 1. The average molecular weight is 302 g/mol. The zero-order valence-corrected chi connectivity index (χ0v) is 13.4. The number of carbonyl (C=O) groups is 1. The molecule has 2 amide bonds. The number of amides is 2. The van der Waals surface area contributed by atoms with E-state index in [1.165, 1.54) is 16.7 Å². The molecule has 2 atom stereocenters. The van der Waals surface area contributed by atoms with Crippen LogP contribution in [0.15, 0.2) is 18.2 Å². The molecule has 0 heterocycles. The molecule has 4 nitrogen and oxygen atoms in total. The van der Waals surface area contributed by atoms with Crippen LogP contribution in [0.3, 0.4) is 0 Å². The first-order chi connectivity index (χ1) is 10.5. The smallest absolute Gasteiger partial charge is 0.315 e. The largest absolute Gasteiger partial charge is 0.393 e. The Hall–Kier alpha value is -1.55. The van der Waals surface area contributed by atoms with Crippen LogP contribution in [-0.4, -0.2) is 23.3 Å². The Morgan fingerprint density at radius 2 is 1.91 bits per heavy atom. The van der Waals surface area contributed by atoms with Crippen molar-refractivity contribution >= 4 is 6.03 Å². The SMILES string of the molecule is Cc1ccc2c(c1)C(NC(=O)NC1CCC(O)CC1)C(C)C2. The van der Waals surface area contributed by atoms with Gasteiger partial charge in [0, 0.05) is 6.04 Å². The second kappa shape index (κ2) is 6.29. The summed E-state index contributed by atoms with van der Waals surface area (Å²) >= 11 is 0. The summed E-state index contributed by atoms with van der Waals surface area (Å²) in [5.74, 6) is 0.427. The third kappa shape index (κ3) is 3.27. The predicted molar refractivity (Wildman–Crippen MR) is 86.7 cm³/mol. The highest BCUT2D eigenvalue weighted by molar-refractivity contribution is 5.75. The summed E-state index contributed by atoms with van der Waals surface area (Å²) in [4.78, 5) is 12.3. The Labute approximate surface area is 132 Å². The molecular formula is C18H26N2O2. The number of rotatable bonds is 2. The fourth-order valence-corrected chi connectivity index (χ4v) is 3.77. The molecule has 4 heteroatoms. The molecule has 2 aliphatic rings. The molecule has 1 aromatic carbocycles. The van der Waals surface area contributed by atoms with Gasteiger partial charge in [-0.2, -0.15) is 0 Å². The topological polar surface area (TPSA) is 61.4 Å². The van der Waals surface area contributed by atoms with Gasteiger partial charge in [-0.05, 0) is 56.1 Å². The second-order valence-corrected chi connectivity index (χ2v) is 6.98. The maximum Gasteiger partial charge on any atom is 0.315 e. The maximum absolute atomic E-state index is 12.3. The van der Waals surface area contributed by atoms with Crippen molar-refractivity contribution < 1.29 is 9.90 Å². The van der Waals surface area contributed by atoms with Crippen molar-refractivity contribution in [2.45, 2.75) is 64.1 Å². The lowest BCUT2D eigenvalue weighted by Gasteiger charge is -2.27. The van der Waals surface area contributed by atoms with Crippen molar-refractivity contribution in [1.82, 2.24) is 10.6 Å². The van der Waals surface area contributed by atoms with Crippen LogP contribution in [-0.2, 0) is 6.42 Å². The predicted octanol–water partition coefficient (Wildman–Crippen LogP) is 2.83. The Morgan fingerprint density at radius 1 is 1.18 bits per heavy atom. The highest BCUT2D eigenvalue weighted by Gasteiger charge is 2.31. The van der Waals surface area contributed by atoms with E-state index in [1.807, 2.05) is 0 Å². The average Bonchev–Trinajstić information content (AvgIpc) is 2.77. The third-order valence-electron chi connectivity index (χ3n) is 5.07. The summed E-state index contributed by atoms with van der Waals surface area (Å²) in [7, 11) is 0. The summed E-state index contributed by atoms with van der Waals surface area (Å²) in [6.07, 6.45) is 4.14. The zero-order chi connectivity index (χ0) is 15.7. The van der Waals surface area contributed by atoms with Crippen LogP contribution < -0.4 is 10.6 Å². The van der Waals surface area contributed by atoms with Crippen LogP contribution in [0.5, 0.6) is 0 Å². The van der Waals surface area contributed by atoms with E-state index in [-0.39, 0.29) is 24.2 Å². The van der Waals surface area contributed by atoms with Crippen LogP contribution in [0.4, 0.5) is 4.79 Å². The van der Waals surface area contributed by atoms with E-state index in [0.29, 0.717) is 5.92 Å². The minimum Gasteiger partial charge on any atom is -0.393 e. The number of hydrogen-bond donors (Lipinski definition) is 3. The molecule has 2 aliphatic carbocycles. The van der Waals surface area contributed by atoms with Gasteiger partial charge in [-0.15, -0.1) is 0 Å². The zero-order valence-electron chi connectivity index (χ0n) is 13.4. The fourth-order valence-electron chi connectivity index (χ4n) is 3.77. The van der Waals surface area contributed by atoms with Gasteiger partial charge in [0.15, 0.2) is 0 Å². The molecule has 0 spiro atoms. The Morgan fingerprint density at radius 3 is 2.64 bits per heavy atom. The van der Waals surface area contributed by atoms with Gasteiger partial charge in [-0.1, -0.05) is 30.7 Å². The van der Waals surface area contributed by atoms with E-state index < -0.39 is 0 Å². The molecule has 0 bridgehead atoms. The third-order valence-corrected chi connectivity index (χ3v) is 5.07. The number of nitrogens with one attached hydrogen (secondary N) is 2. The van der Waals surface area contributed by atoms with Crippen LogP contribution in [0.25, 0.3) is 0 Å². The number of carbonyl (C=O) groups excluding carboxylic acids is 1. The first-order valence-corrected chi connectivity index (χ1v) is 8.37. The number of aliphatic hydroxyl groups is 1. The van der Waals surface area contributed by atoms with Crippen LogP contribution in [0, 0.1) is 12.8 Å². The summed E-state index contributed by atoms with van der Waals surface area (Å²) in [6.45, 7) is 4.28. The maximum atomic E-state index is 12.3. The highest BCUT2D eigenvalue weighted by atomic mass is 16.3. The monoisotopic (exact) mass is 302 g/mol. The molecular weight excluding hydrogens is 276 g/mol. The normalized spacial score (nSPS) is 30.7. The van der Waals surface area contributed by atoms with Gasteiger partial charge in [0.2, 0.25) is 0 Å². The number of hydrogen-bond acceptors (Lipinski definition) is 2. The lowest BCUT2D eigenvalue weighted by atomic mass is 9.93. The first kappa shape index (κ1) is 15.3. The fraction of sp³-hybridized carbons (Fsp3) is 0.611. The van der Waals surface area contributed by atoms with Crippen molar-refractivity contribution in [3.63, 3.8) is 0 Å². The number of aryl methyl sites for hydroxylation is 1. The van der Waals surface area contributed by atoms with Gasteiger partial charge in [0.25, 0.3) is 0 Å². The molecule has 22 heavy (non-hydrogen) atoms. The number of benzene rings is 1. The summed E-state index contributed by atoms with van der Waals surface area (Å²) in [6, 6.07) is 6.74. The van der Waals surface area contributed by atoms with Gasteiger partial charge in [-0.3, -0.25) is 0 Å². The van der Waals surface area contributed by atoms with Gasteiger partial charge in [-0.25, -0.2) is 4.79 Å². The van der Waals surface area contributed by atoms with Crippen LogP contribution in [0.1, 0.15) is 55.3 Å². The van der Waals surface area contributed by atoms with Crippen molar-refractivity contribution in [2.75, 3.05) is 0 Å². The minimum absolute atomic E-state index is 0.0763. The Bertz CT molecular complexity index is 550. The van der Waals surface area contributed by atoms with E-state index in [0.717, 1.165) is 32.1 Å². The van der Waals surface area contributed by atoms with Gasteiger partial charge < -0.3 is 15.7 Å². The Kier molecular flexibility index (Phi) is 4.39. The minimum atomic E-state index is -0.189. The molecule has 3 rings (SSSR count).